The van der Waals surface area contributed by atoms with Crippen LogP contribution >= 0.6 is 0 Å². The largest absolute Gasteiger partial charge is 0.456 e. The highest BCUT2D eigenvalue weighted by Gasteiger charge is 2.23. The Hall–Kier alpha value is -1.64. The standard InChI is InChI=1S/C14H19NO2/c1-10(2)14(17-11(3)16)13(15-4)12-8-6-5-7-9-12/h5-10,14H,1-4H3. The van der Waals surface area contributed by atoms with Gasteiger partial charge in [-0.15, -0.1) is 0 Å². The minimum Gasteiger partial charge on any atom is -0.456 e. The summed E-state index contributed by atoms with van der Waals surface area (Å²) in [5.41, 5.74) is 1.81. The molecule has 1 rings (SSSR count). The second-order valence-corrected chi connectivity index (χ2v) is 4.25. The smallest absolute Gasteiger partial charge is 0.303 e. The van der Waals surface area contributed by atoms with Gasteiger partial charge in [-0.2, -0.15) is 0 Å². The SMILES string of the molecule is CN=C(c1ccccc1)C(OC(C)=O)C(C)C. The number of esters is 1. The molecule has 0 aromatic heterocycles. The summed E-state index contributed by atoms with van der Waals surface area (Å²) >= 11 is 0. The number of aliphatic imine (C=N–C) groups is 1. The van der Waals surface area contributed by atoms with Crippen molar-refractivity contribution < 1.29 is 9.53 Å². The fourth-order valence-electron chi connectivity index (χ4n) is 1.72. The van der Waals surface area contributed by atoms with Gasteiger partial charge in [0.1, 0.15) is 6.10 Å². The second kappa shape index (κ2) is 6.18. The van der Waals surface area contributed by atoms with Crippen molar-refractivity contribution in [3.8, 4) is 0 Å². The Morgan fingerprint density at radius 3 is 2.24 bits per heavy atom. The highest BCUT2D eigenvalue weighted by molar-refractivity contribution is 6.04. The fourth-order valence-corrected chi connectivity index (χ4v) is 1.72. The van der Waals surface area contributed by atoms with Gasteiger partial charge < -0.3 is 4.74 Å². The number of nitrogens with zero attached hydrogens (tertiary/aromatic N) is 1. The first-order valence-corrected chi connectivity index (χ1v) is 5.75. The van der Waals surface area contributed by atoms with E-state index in [0.717, 1.165) is 11.3 Å². The Morgan fingerprint density at radius 1 is 1.24 bits per heavy atom. The maximum Gasteiger partial charge on any atom is 0.303 e. The zero-order valence-corrected chi connectivity index (χ0v) is 10.8. The van der Waals surface area contributed by atoms with Crippen LogP contribution in [0.1, 0.15) is 26.3 Å². The molecule has 92 valence electrons. The van der Waals surface area contributed by atoms with Crippen molar-refractivity contribution in [3.63, 3.8) is 0 Å². The zero-order valence-electron chi connectivity index (χ0n) is 10.8. The Morgan fingerprint density at radius 2 is 1.82 bits per heavy atom. The fraction of sp³-hybridized carbons (Fsp3) is 0.429. The predicted molar refractivity (Wildman–Crippen MR) is 69.3 cm³/mol. The van der Waals surface area contributed by atoms with Gasteiger partial charge in [-0.05, 0) is 11.5 Å². The molecule has 1 atom stereocenters. The summed E-state index contributed by atoms with van der Waals surface area (Å²) in [4.78, 5) is 15.4. The molecule has 0 N–H and O–H groups in total. The predicted octanol–water partition coefficient (Wildman–Crippen LogP) is 2.69. The Labute approximate surface area is 103 Å². The lowest BCUT2D eigenvalue weighted by Crippen LogP contribution is -2.32. The highest BCUT2D eigenvalue weighted by atomic mass is 16.5. The van der Waals surface area contributed by atoms with Crippen LogP contribution in [0.4, 0.5) is 0 Å². The first kappa shape index (κ1) is 13.4. The highest BCUT2D eigenvalue weighted by Crippen LogP contribution is 2.15. The van der Waals surface area contributed by atoms with Gasteiger partial charge in [0.2, 0.25) is 0 Å². The Balaban J connectivity index is 3.03. The van der Waals surface area contributed by atoms with Crippen molar-refractivity contribution in [1.29, 1.82) is 0 Å². The Bertz CT molecular complexity index is 396. The third-order valence-electron chi connectivity index (χ3n) is 2.48. The van der Waals surface area contributed by atoms with Crippen molar-refractivity contribution in [3.05, 3.63) is 35.9 Å². The Kier molecular flexibility index (Phi) is 4.88. The number of carbonyl (C=O) groups excluding carboxylic acids is 1. The van der Waals surface area contributed by atoms with Crippen LogP contribution in [0.3, 0.4) is 0 Å². The van der Waals surface area contributed by atoms with Crippen molar-refractivity contribution in [2.75, 3.05) is 7.05 Å². The average molecular weight is 233 g/mol. The van der Waals surface area contributed by atoms with Crippen LogP contribution in [0.25, 0.3) is 0 Å². The summed E-state index contributed by atoms with van der Waals surface area (Å²) in [5, 5.41) is 0. The maximum absolute atomic E-state index is 11.1. The van der Waals surface area contributed by atoms with Crippen LogP contribution < -0.4 is 0 Å². The number of benzene rings is 1. The van der Waals surface area contributed by atoms with Crippen LogP contribution in [0.2, 0.25) is 0 Å². The van der Waals surface area contributed by atoms with Gasteiger partial charge in [-0.1, -0.05) is 44.2 Å². The van der Waals surface area contributed by atoms with Crippen LogP contribution in [-0.2, 0) is 9.53 Å². The molecule has 0 aliphatic carbocycles. The van der Waals surface area contributed by atoms with Gasteiger partial charge in [0.05, 0.1) is 5.71 Å². The number of carbonyl (C=O) groups is 1. The topological polar surface area (TPSA) is 38.7 Å². The van der Waals surface area contributed by atoms with E-state index >= 15 is 0 Å². The molecule has 0 radical (unpaired) electrons. The molecule has 17 heavy (non-hydrogen) atoms. The van der Waals surface area contributed by atoms with E-state index < -0.39 is 0 Å². The van der Waals surface area contributed by atoms with Crippen LogP contribution in [0.15, 0.2) is 35.3 Å². The number of hydrogen-bond acceptors (Lipinski definition) is 3. The molecule has 0 amide bonds. The first-order valence-electron chi connectivity index (χ1n) is 5.75. The van der Waals surface area contributed by atoms with Crippen LogP contribution in [-0.4, -0.2) is 24.8 Å². The maximum atomic E-state index is 11.1. The molecule has 3 heteroatoms. The molecule has 0 spiro atoms. The van der Waals surface area contributed by atoms with E-state index in [0.29, 0.717) is 0 Å². The third kappa shape index (κ3) is 3.70. The normalized spacial score (nSPS) is 13.6. The molecular formula is C14H19NO2. The summed E-state index contributed by atoms with van der Waals surface area (Å²) in [6.07, 6.45) is -0.292. The lowest BCUT2D eigenvalue weighted by Gasteiger charge is -2.22. The van der Waals surface area contributed by atoms with Crippen LogP contribution in [0.5, 0.6) is 0 Å². The monoisotopic (exact) mass is 233 g/mol. The quantitative estimate of drug-likeness (QED) is 0.592. The average Bonchev–Trinajstić information content (AvgIpc) is 2.29. The summed E-state index contributed by atoms with van der Waals surface area (Å²) < 4.78 is 5.35. The number of ether oxygens (including phenoxy) is 1. The number of hydrogen-bond donors (Lipinski definition) is 0. The van der Waals surface area contributed by atoms with Gasteiger partial charge in [0.25, 0.3) is 0 Å². The zero-order chi connectivity index (χ0) is 12.8. The van der Waals surface area contributed by atoms with Gasteiger partial charge in [0, 0.05) is 14.0 Å². The molecule has 0 aliphatic heterocycles. The van der Waals surface area contributed by atoms with E-state index in [1.165, 1.54) is 6.92 Å². The lowest BCUT2D eigenvalue weighted by atomic mass is 9.96. The summed E-state index contributed by atoms with van der Waals surface area (Å²) in [5.74, 6) is -0.0846. The van der Waals surface area contributed by atoms with Crippen molar-refractivity contribution in [1.82, 2.24) is 0 Å². The first-order chi connectivity index (χ1) is 8.06. The van der Waals surface area contributed by atoms with E-state index in [-0.39, 0.29) is 18.0 Å². The van der Waals surface area contributed by atoms with Gasteiger partial charge in [0.15, 0.2) is 0 Å². The van der Waals surface area contributed by atoms with Gasteiger partial charge >= 0.3 is 5.97 Å². The molecule has 1 unspecified atom stereocenters. The molecule has 1 aromatic carbocycles. The molecule has 0 aliphatic rings. The summed E-state index contributed by atoms with van der Waals surface area (Å²) in [7, 11) is 1.72. The minimum absolute atomic E-state index is 0.192. The number of rotatable bonds is 4. The molecule has 0 saturated heterocycles. The molecule has 0 saturated carbocycles. The van der Waals surface area contributed by atoms with Gasteiger partial charge in [-0.3, -0.25) is 9.79 Å². The van der Waals surface area contributed by atoms with Crippen molar-refractivity contribution in [2.45, 2.75) is 26.9 Å². The minimum atomic E-state index is -0.292. The lowest BCUT2D eigenvalue weighted by molar-refractivity contribution is -0.144. The van der Waals surface area contributed by atoms with Crippen LogP contribution in [0, 0.1) is 5.92 Å². The molecule has 3 nitrogen and oxygen atoms in total. The molecule has 0 bridgehead atoms. The van der Waals surface area contributed by atoms with Crippen molar-refractivity contribution >= 4 is 11.7 Å². The van der Waals surface area contributed by atoms with E-state index in [1.54, 1.807) is 7.05 Å². The second-order valence-electron chi connectivity index (χ2n) is 4.25. The third-order valence-corrected chi connectivity index (χ3v) is 2.48. The summed E-state index contributed by atoms with van der Waals surface area (Å²) in [6.45, 7) is 5.46. The van der Waals surface area contributed by atoms with Gasteiger partial charge in [-0.25, -0.2) is 0 Å². The van der Waals surface area contributed by atoms with E-state index in [2.05, 4.69) is 4.99 Å². The van der Waals surface area contributed by atoms with Crippen molar-refractivity contribution in [2.24, 2.45) is 10.9 Å². The molecule has 0 fully saturated rings. The van der Waals surface area contributed by atoms with E-state index in [4.69, 9.17) is 4.74 Å². The van der Waals surface area contributed by atoms with E-state index in [1.807, 2.05) is 44.2 Å². The molecular weight excluding hydrogens is 214 g/mol. The molecule has 1 aromatic rings. The van der Waals surface area contributed by atoms with E-state index in [9.17, 15) is 4.79 Å². The summed E-state index contributed by atoms with van der Waals surface area (Å²) in [6, 6.07) is 9.80. The molecule has 0 heterocycles.